The molecule has 3 aromatic rings. The largest absolute Gasteiger partial charge is 0.487 e. The van der Waals surface area contributed by atoms with Gasteiger partial charge in [0.1, 0.15) is 18.2 Å². The summed E-state index contributed by atoms with van der Waals surface area (Å²) < 4.78 is 5.84. The summed E-state index contributed by atoms with van der Waals surface area (Å²) in [4.78, 5) is 4.19. The minimum Gasteiger partial charge on any atom is -0.487 e. The monoisotopic (exact) mass is 284 g/mol. The lowest BCUT2D eigenvalue weighted by Crippen LogP contribution is -2.02. The van der Waals surface area contributed by atoms with Crippen molar-refractivity contribution in [3.05, 3.63) is 65.3 Å². The summed E-state index contributed by atoms with van der Waals surface area (Å²) in [7, 11) is 0. The van der Waals surface area contributed by atoms with Gasteiger partial charge in [0.2, 0.25) is 0 Å². The van der Waals surface area contributed by atoms with Gasteiger partial charge in [0.15, 0.2) is 0 Å². The first-order valence-corrected chi connectivity index (χ1v) is 6.63. The standard InChI is InChI=1S/C16H13ClN2O/c17-13-8-9-16(18)19-14(13)10-20-15-7-3-5-11-4-1-2-6-12(11)15/h1-9H,10H2,(H2,18,19). The molecule has 0 fully saturated rings. The molecule has 1 heterocycles. The molecule has 0 aliphatic rings. The zero-order chi connectivity index (χ0) is 13.9. The van der Waals surface area contributed by atoms with Crippen LogP contribution in [-0.4, -0.2) is 4.98 Å². The quantitative estimate of drug-likeness (QED) is 0.789. The van der Waals surface area contributed by atoms with Crippen LogP contribution in [0.2, 0.25) is 5.02 Å². The number of fused-ring (bicyclic) bond motifs is 1. The van der Waals surface area contributed by atoms with Crippen LogP contribution in [0.4, 0.5) is 5.82 Å². The number of hydrogen-bond acceptors (Lipinski definition) is 3. The number of anilines is 1. The minimum absolute atomic E-state index is 0.290. The van der Waals surface area contributed by atoms with E-state index in [1.54, 1.807) is 12.1 Å². The molecule has 3 nitrogen and oxygen atoms in total. The van der Waals surface area contributed by atoms with E-state index in [-0.39, 0.29) is 6.61 Å². The Morgan fingerprint density at radius 1 is 1.00 bits per heavy atom. The van der Waals surface area contributed by atoms with Crippen LogP contribution < -0.4 is 10.5 Å². The molecule has 0 bridgehead atoms. The predicted octanol–water partition coefficient (Wildman–Crippen LogP) is 4.05. The summed E-state index contributed by atoms with van der Waals surface area (Å²) in [5.74, 6) is 1.24. The van der Waals surface area contributed by atoms with Crippen molar-refractivity contribution in [3.63, 3.8) is 0 Å². The van der Waals surface area contributed by atoms with Crippen molar-refractivity contribution in [2.75, 3.05) is 5.73 Å². The van der Waals surface area contributed by atoms with Crippen LogP contribution in [0.1, 0.15) is 5.69 Å². The summed E-state index contributed by atoms with van der Waals surface area (Å²) in [5.41, 5.74) is 6.30. The molecule has 0 amide bonds. The molecule has 3 rings (SSSR count). The Balaban J connectivity index is 1.89. The van der Waals surface area contributed by atoms with Gasteiger partial charge in [0.05, 0.1) is 10.7 Å². The van der Waals surface area contributed by atoms with Gasteiger partial charge in [-0.25, -0.2) is 4.98 Å². The van der Waals surface area contributed by atoms with Gasteiger partial charge >= 0.3 is 0 Å². The van der Waals surface area contributed by atoms with E-state index in [4.69, 9.17) is 22.1 Å². The van der Waals surface area contributed by atoms with Crippen LogP contribution >= 0.6 is 11.6 Å². The summed E-state index contributed by atoms with van der Waals surface area (Å²) >= 11 is 6.08. The normalized spacial score (nSPS) is 10.7. The Hall–Kier alpha value is -2.26. The Morgan fingerprint density at radius 3 is 2.70 bits per heavy atom. The molecule has 1 aromatic heterocycles. The van der Waals surface area contributed by atoms with E-state index in [1.807, 2.05) is 42.5 Å². The first-order valence-electron chi connectivity index (χ1n) is 6.25. The number of pyridine rings is 1. The lowest BCUT2D eigenvalue weighted by Gasteiger charge is -2.10. The van der Waals surface area contributed by atoms with E-state index in [0.717, 1.165) is 16.5 Å². The topological polar surface area (TPSA) is 48.1 Å². The van der Waals surface area contributed by atoms with Gasteiger partial charge in [0, 0.05) is 5.39 Å². The molecule has 0 saturated carbocycles. The fraction of sp³-hybridized carbons (Fsp3) is 0.0625. The van der Waals surface area contributed by atoms with E-state index in [9.17, 15) is 0 Å². The Labute approximate surface area is 122 Å². The zero-order valence-electron chi connectivity index (χ0n) is 10.7. The average Bonchev–Trinajstić information content (AvgIpc) is 2.48. The van der Waals surface area contributed by atoms with Crippen LogP contribution in [0.15, 0.2) is 54.6 Å². The average molecular weight is 285 g/mol. The van der Waals surface area contributed by atoms with Gasteiger partial charge < -0.3 is 10.5 Å². The summed E-state index contributed by atoms with van der Waals surface area (Å²) in [6, 6.07) is 17.4. The molecule has 2 N–H and O–H groups in total. The number of nitrogens with zero attached hydrogens (tertiary/aromatic N) is 1. The van der Waals surface area contributed by atoms with Crippen LogP contribution in [0.5, 0.6) is 5.75 Å². The number of ether oxygens (including phenoxy) is 1. The molecular weight excluding hydrogens is 272 g/mol. The van der Waals surface area contributed by atoms with Crippen molar-refractivity contribution in [1.82, 2.24) is 4.98 Å². The number of rotatable bonds is 3. The van der Waals surface area contributed by atoms with E-state index in [0.29, 0.717) is 16.5 Å². The molecule has 0 saturated heterocycles. The van der Waals surface area contributed by atoms with Crippen LogP contribution in [0.3, 0.4) is 0 Å². The number of nitrogens with two attached hydrogens (primary N) is 1. The molecule has 0 unspecified atom stereocenters. The minimum atomic E-state index is 0.290. The molecule has 0 radical (unpaired) electrons. The third-order valence-electron chi connectivity index (χ3n) is 3.05. The van der Waals surface area contributed by atoms with E-state index in [1.165, 1.54) is 0 Å². The second-order valence-electron chi connectivity index (χ2n) is 4.43. The maximum atomic E-state index is 6.08. The van der Waals surface area contributed by atoms with Gasteiger partial charge in [-0.1, -0.05) is 48.0 Å². The SMILES string of the molecule is Nc1ccc(Cl)c(COc2cccc3ccccc23)n1. The van der Waals surface area contributed by atoms with Crippen LogP contribution in [0, 0.1) is 0 Å². The third-order valence-corrected chi connectivity index (χ3v) is 3.40. The summed E-state index contributed by atoms with van der Waals surface area (Å²) in [5, 5.41) is 2.76. The highest BCUT2D eigenvalue weighted by molar-refractivity contribution is 6.31. The molecule has 100 valence electrons. The van der Waals surface area contributed by atoms with Gasteiger partial charge in [0.25, 0.3) is 0 Å². The van der Waals surface area contributed by atoms with Crippen LogP contribution in [-0.2, 0) is 6.61 Å². The molecule has 4 heteroatoms. The lowest BCUT2D eigenvalue weighted by atomic mass is 10.1. The van der Waals surface area contributed by atoms with Gasteiger partial charge in [-0.2, -0.15) is 0 Å². The van der Waals surface area contributed by atoms with Crippen molar-refractivity contribution in [3.8, 4) is 5.75 Å². The molecule has 2 aromatic carbocycles. The molecular formula is C16H13ClN2O. The van der Waals surface area contributed by atoms with Crippen molar-refractivity contribution < 1.29 is 4.74 Å². The second kappa shape index (κ2) is 5.39. The highest BCUT2D eigenvalue weighted by Crippen LogP contribution is 2.26. The van der Waals surface area contributed by atoms with Gasteiger partial charge in [-0.05, 0) is 23.6 Å². The van der Waals surface area contributed by atoms with Crippen molar-refractivity contribution >= 4 is 28.2 Å². The Morgan fingerprint density at radius 2 is 1.80 bits per heavy atom. The third kappa shape index (κ3) is 2.53. The van der Waals surface area contributed by atoms with Crippen molar-refractivity contribution in [2.24, 2.45) is 0 Å². The fourth-order valence-corrected chi connectivity index (χ4v) is 2.23. The molecule has 0 atom stereocenters. The number of nitrogen functional groups attached to an aromatic ring is 1. The van der Waals surface area contributed by atoms with Crippen molar-refractivity contribution in [2.45, 2.75) is 6.61 Å². The second-order valence-corrected chi connectivity index (χ2v) is 4.84. The van der Waals surface area contributed by atoms with Gasteiger partial charge in [-0.15, -0.1) is 0 Å². The molecule has 0 spiro atoms. The fourth-order valence-electron chi connectivity index (χ4n) is 2.07. The number of benzene rings is 2. The maximum Gasteiger partial charge on any atom is 0.132 e. The highest BCUT2D eigenvalue weighted by Gasteiger charge is 2.06. The maximum absolute atomic E-state index is 6.08. The van der Waals surface area contributed by atoms with E-state index >= 15 is 0 Å². The highest BCUT2D eigenvalue weighted by atomic mass is 35.5. The van der Waals surface area contributed by atoms with E-state index < -0.39 is 0 Å². The lowest BCUT2D eigenvalue weighted by molar-refractivity contribution is 0.305. The first kappa shape index (κ1) is 12.8. The van der Waals surface area contributed by atoms with E-state index in [2.05, 4.69) is 4.98 Å². The number of hydrogen-bond donors (Lipinski definition) is 1. The molecule has 0 aliphatic heterocycles. The molecule has 20 heavy (non-hydrogen) atoms. The first-order chi connectivity index (χ1) is 9.74. The number of halogens is 1. The zero-order valence-corrected chi connectivity index (χ0v) is 11.5. The van der Waals surface area contributed by atoms with Gasteiger partial charge in [-0.3, -0.25) is 0 Å². The molecule has 0 aliphatic carbocycles. The smallest absolute Gasteiger partial charge is 0.132 e. The van der Waals surface area contributed by atoms with Crippen LogP contribution in [0.25, 0.3) is 10.8 Å². The summed E-state index contributed by atoms with van der Waals surface area (Å²) in [6.45, 7) is 0.290. The Bertz CT molecular complexity index is 753. The summed E-state index contributed by atoms with van der Waals surface area (Å²) in [6.07, 6.45) is 0. The predicted molar refractivity (Wildman–Crippen MR) is 81.9 cm³/mol. The van der Waals surface area contributed by atoms with Crippen molar-refractivity contribution in [1.29, 1.82) is 0 Å². The number of aromatic nitrogens is 1. The Kier molecular flexibility index (Phi) is 3.44.